The third-order valence-corrected chi connectivity index (χ3v) is 2.71. The third-order valence-electron chi connectivity index (χ3n) is 2.71. The van der Waals surface area contributed by atoms with Crippen molar-refractivity contribution in [1.29, 1.82) is 0 Å². The van der Waals surface area contributed by atoms with Gasteiger partial charge in [-0.25, -0.2) is 18.4 Å². The fraction of sp³-hybridized carbons (Fsp3) is 0.231. The number of esters is 2. The molecule has 0 radical (unpaired) electrons. The Balaban J connectivity index is 2.35. The Labute approximate surface area is 127 Å². The van der Waals surface area contributed by atoms with E-state index in [2.05, 4.69) is 5.32 Å². The van der Waals surface area contributed by atoms with E-state index in [1.807, 2.05) is 0 Å². The summed E-state index contributed by atoms with van der Waals surface area (Å²) in [6, 6.07) is 0.902. The molecule has 1 N–H and O–H groups in total. The maximum absolute atomic E-state index is 13.7. The van der Waals surface area contributed by atoms with E-state index >= 15 is 0 Å². The van der Waals surface area contributed by atoms with E-state index in [-0.39, 0.29) is 0 Å². The van der Waals surface area contributed by atoms with Crippen LogP contribution in [0.4, 0.5) is 20.2 Å². The van der Waals surface area contributed by atoms with Crippen LogP contribution < -0.4 is 5.32 Å². The molecule has 0 saturated carbocycles. The molecule has 0 unspecified atom stereocenters. The Bertz CT molecular complexity index is 722. The van der Waals surface area contributed by atoms with E-state index in [4.69, 9.17) is 9.47 Å². The normalized spacial score (nSPS) is 16.4. The number of hydrogen-bond acceptors (Lipinski definition) is 7. The fourth-order valence-corrected chi connectivity index (χ4v) is 1.77. The Morgan fingerprint density at radius 2 is 1.78 bits per heavy atom. The molecule has 1 aliphatic heterocycles. The topological polar surface area (TPSA) is 108 Å². The number of ether oxygens (including phenoxy) is 2. The van der Waals surface area contributed by atoms with Crippen LogP contribution in [0.2, 0.25) is 0 Å². The average molecular weight is 328 g/mol. The zero-order valence-corrected chi connectivity index (χ0v) is 11.9. The van der Waals surface area contributed by atoms with Gasteiger partial charge in [0.1, 0.15) is 5.82 Å². The number of nitrogens with one attached hydrogen (secondary N) is 1. The van der Waals surface area contributed by atoms with Gasteiger partial charge in [0, 0.05) is 26.1 Å². The highest BCUT2D eigenvalue weighted by Gasteiger charge is 2.39. The van der Waals surface area contributed by atoms with Crippen LogP contribution in [0.25, 0.3) is 0 Å². The molecule has 1 aliphatic rings. The lowest BCUT2D eigenvalue weighted by atomic mass is 10.2. The summed E-state index contributed by atoms with van der Waals surface area (Å²) < 4.78 is 36.3. The molecular formula is C13H10F2N2O6. The molecule has 1 fully saturated rings. The minimum Gasteiger partial charge on any atom is -0.419 e. The Kier molecular flexibility index (Phi) is 4.00. The SMILES string of the molecule is CC1(C)OC(=O)C(=CNc2c(F)cc(F)cc2[N+](=O)[O-])C(=O)O1. The molecule has 1 saturated heterocycles. The quantitative estimate of drug-likeness (QED) is 0.297. The number of hydrogen-bond donors (Lipinski definition) is 1. The van der Waals surface area contributed by atoms with E-state index in [0.717, 1.165) is 0 Å². The van der Waals surface area contributed by atoms with Crippen LogP contribution >= 0.6 is 0 Å². The van der Waals surface area contributed by atoms with Crippen molar-refractivity contribution < 1.29 is 32.8 Å². The van der Waals surface area contributed by atoms with Crippen LogP contribution in [-0.2, 0) is 19.1 Å². The molecule has 0 bridgehead atoms. The second kappa shape index (κ2) is 5.63. The van der Waals surface area contributed by atoms with Gasteiger partial charge >= 0.3 is 11.9 Å². The largest absolute Gasteiger partial charge is 0.419 e. The molecular weight excluding hydrogens is 318 g/mol. The molecule has 0 amide bonds. The molecule has 2 rings (SSSR count). The summed E-state index contributed by atoms with van der Waals surface area (Å²) >= 11 is 0. The first kappa shape index (κ1) is 16.3. The van der Waals surface area contributed by atoms with Crippen LogP contribution in [0.1, 0.15) is 13.8 Å². The Hall–Kier alpha value is -3.04. The van der Waals surface area contributed by atoms with Crippen molar-refractivity contribution >= 4 is 23.3 Å². The first-order valence-electron chi connectivity index (χ1n) is 6.17. The summed E-state index contributed by atoms with van der Waals surface area (Å²) in [6.07, 6.45) is 0.698. The van der Waals surface area contributed by atoms with Gasteiger partial charge in [0.25, 0.3) is 11.5 Å². The number of benzene rings is 1. The molecule has 0 spiro atoms. The lowest BCUT2D eigenvalue weighted by Gasteiger charge is -2.29. The monoisotopic (exact) mass is 328 g/mol. The number of carbonyl (C=O) groups is 2. The molecule has 1 heterocycles. The van der Waals surface area contributed by atoms with Gasteiger partial charge in [-0.15, -0.1) is 0 Å². The van der Waals surface area contributed by atoms with Crippen molar-refractivity contribution in [2.45, 2.75) is 19.6 Å². The standard InChI is InChI=1S/C13H10F2N2O6/c1-13(2)22-11(18)7(12(19)23-13)5-16-10-8(15)3-6(14)4-9(10)17(20)21/h3-5,16H,1-2H3. The molecule has 10 heteroatoms. The van der Waals surface area contributed by atoms with E-state index in [0.29, 0.717) is 18.3 Å². The number of halogens is 2. The second-order valence-corrected chi connectivity index (χ2v) is 4.92. The number of nitro groups is 1. The predicted octanol–water partition coefficient (Wildman–Crippen LogP) is 2.00. The average Bonchev–Trinajstić information content (AvgIpc) is 2.37. The van der Waals surface area contributed by atoms with Crippen molar-refractivity contribution in [3.63, 3.8) is 0 Å². The molecule has 122 valence electrons. The summed E-state index contributed by atoms with van der Waals surface area (Å²) in [6.45, 7) is 2.66. The van der Waals surface area contributed by atoms with E-state index in [9.17, 15) is 28.5 Å². The first-order valence-corrected chi connectivity index (χ1v) is 6.17. The maximum atomic E-state index is 13.7. The minimum atomic E-state index is -1.46. The van der Waals surface area contributed by atoms with Gasteiger partial charge in [0.2, 0.25) is 0 Å². The predicted molar refractivity (Wildman–Crippen MR) is 71.0 cm³/mol. The van der Waals surface area contributed by atoms with Gasteiger partial charge in [0.15, 0.2) is 17.1 Å². The highest BCUT2D eigenvalue weighted by atomic mass is 19.1. The number of rotatable bonds is 3. The zero-order valence-electron chi connectivity index (χ0n) is 11.9. The highest BCUT2D eigenvalue weighted by molar-refractivity contribution is 6.15. The number of nitro benzene ring substituents is 1. The van der Waals surface area contributed by atoms with E-state index in [1.165, 1.54) is 13.8 Å². The van der Waals surface area contributed by atoms with Crippen LogP contribution in [0.3, 0.4) is 0 Å². The summed E-state index contributed by atoms with van der Waals surface area (Å²) in [5.41, 5.74) is -2.24. The van der Waals surface area contributed by atoms with E-state index in [1.54, 1.807) is 0 Å². The molecule has 0 aliphatic carbocycles. The molecule has 0 atom stereocenters. The minimum absolute atomic E-state index is 0.411. The Morgan fingerprint density at radius 1 is 1.22 bits per heavy atom. The van der Waals surface area contributed by atoms with Crippen molar-refractivity contribution in [3.8, 4) is 0 Å². The van der Waals surface area contributed by atoms with Crippen molar-refractivity contribution in [1.82, 2.24) is 0 Å². The smallest absolute Gasteiger partial charge is 0.350 e. The molecule has 8 nitrogen and oxygen atoms in total. The van der Waals surface area contributed by atoms with Gasteiger partial charge in [-0.05, 0) is 0 Å². The molecule has 1 aromatic carbocycles. The fourth-order valence-electron chi connectivity index (χ4n) is 1.77. The molecule has 23 heavy (non-hydrogen) atoms. The highest BCUT2D eigenvalue weighted by Crippen LogP contribution is 2.29. The summed E-state index contributed by atoms with van der Waals surface area (Å²) in [5.74, 6) is -5.98. The number of nitrogens with zero attached hydrogens (tertiary/aromatic N) is 1. The van der Waals surface area contributed by atoms with Gasteiger partial charge in [-0.1, -0.05) is 0 Å². The molecule has 1 aromatic rings. The maximum Gasteiger partial charge on any atom is 0.350 e. The number of cyclic esters (lactones) is 2. The summed E-state index contributed by atoms with van der Waals surface area (Å²) in [7, 11) is 0. The van der Waals surface area contributed by atoms with Crippen LogP contribution in [0.15, 0.2) is 23.9 Å². The lowest BCUT2D eigenvalue weighted by molar-refractivity contribution is -0.384. The third kappa shape index (κ3) is 3.42. The lowest BCUT2D eigenvalue weighted by Crippen LogP contribution is -2.42. The van der Waals surface area contributed by atoms with E-state index < -0.39 is 51.2 Å². The van der Waals surface area contributed by atoms with Crippen molar-refractivity contribution in [2.75, 3.05) is 5.32 Å². The van der Waals surface area contributed by atoms with Crippen LogP contribution in [0.5, 0.6) is 0 Å². The number of carbonyl (C=O) groups excluding carboxylic acids is 2. The van der Waals surface area contributed by atoms with Gasteiger partial charge in [0.05, 0.1) is 11.0 Å². The summed E-state index contributed by atoms with van der Waals surface area (Å²) in [5, 5.41) is 12.9. The van der Waals surface area contributed by atoms with Crippen LogP contribution in [-0.4, -0.2) is 22.6 Å². The van der Waals surface area contributed by atoms with Crippen LogP contribution in [0, 0.1) is 21.7 Å². The van der Waals surface area contributed by atoms with Gasteiger partial charge < -0.3 is 14.8 Å². The van der Waals surface area contributed by atoms with Crippen molar-refractivity contribution in [3.05, 3.63) is 45.7 Å². The Morgan fingerprint density at radius 3 is 2.30 bits per heavy atom. The van der Waals surface area contributed by atoms with Gasteiger partial charge in [-0.3, -0.25) is 10.1 Å². The van der Waals surface area contributed by atoms with Gasteiger partial charge in [-0.2, -0.15) is 0 Å². The number of anilines is 1. The summed E-state index contributed by atoms with van der Waals surface area (Å²) in [4.78, 5) is 33.2. The molecule has 0 aromatic heterocycles. The zero-order chi connectivity index (χ0) is 17.4. The first-order chi connectivity index (χ1) is 10.6. The second-order valence-electron chi connectivity index (χ2n) is 4.92. The van der Waals surface area contributed by atoms with Crippen molar-refractivity contribution in [2.24, 2.45) is 0 Å².